The minimum Gasteiger partial charge on any atom is -0.376 e. The van der Waals surface area contributed by atoms with Crippen molar-refractivity contribution in [1.29, 1.82) is 0 Å². The van der Waals surface area contributed by atoms with E-state index in [9.17, 15) is 9.18 Å². The van der Waals surface area contributed by atoms with Crippen molar-refractivity contribution in [3.63, 3.8) is 0 Å². The number of hydrogen-bond acceptors (Lipinski definition) is 2. The maximum Gasteiger partial charge on any atom is 0.248 e. The van der Waals surface area contributed by atoms with Crippen LogP contribution in [0.25, 0.3) is 0 Å². The SMILES string of the molecule is CC(Nc1cc(C(N)=O)ccc1F)c1cc(Cl)ccc1Cl. The number of hydrogen-bond donors (Lipinski definition) is 2. The van der Waals surface area contributed by atoms with E-state index in [-0.39, 0.29) is 17.3 Å². The van der Waals surface area contributed by atoms with Crippen molar-refractivity contribution < 1.29 is 9.18 Å². The molecule has 0 spiro atoms. The maximum absolute atomic E-state index is 13.8. The third-order valence-electron chi connectivity index (χ3n) is 3.05. The molecule has 0 aliphatic heterocycles. The van der Waals surface area contributed by atoms with Crippen molar-refractivity contribution in [1.82, 2.24) is 0 Å². The average Bonchev–Trinajstić information content (AvgIpc) is 2.43. The Balaban J connectivity index is 2.31. The molecule has 2 aromatic carbocycles. The van der Waals surface area contributed by atoms with E-state index in [2.05, 4.69) is 5.32 Å². The van der Waals surface area contributed by atoms with Gasteiger partial charge < -0.3 is 11.1 Å². The monoisotopic (exact) mass is 326 g/mol. The highest BCUT2D eigenvalue weighted by atomic mass is 35.5. The number of carbonyl (C=O) groups is 1. The lowest BCUT2D eigenvalue weighted by Gasteiger charge is -2.18. The summed E-state index contributed by atoms with van der Waals surface area (Å²) in [6, 6.07) is 8.65. The van der Waals surface area contributed by atoms with Crippen molar-refractivity contribution in [3.8, 4) is 0 Å². The summed E-state index contributed by atoms with van der Waals surface area (Å²) in [5.41, 5.74) is 6.32. The van der Waals surface area contributed by atoms with Gasteiger partial charge >= 0.3 is 0 Å². The molecule has 0 aliphatic rings. The van der Waals surface area contributed by atoms with Gasteiger partial charge in [0.2, 0.25) is 5.91 Å². The van der Waals surface area contributed by atoms with Gasteiger partial charge in [-0.25, -0.2) is 4.39 Å². The van der Waals surface area contributed by atoms with Crippen LogP contribution in [-0.4, -0.2) is 5.91 Å². The van der Waals surface area contributed by atoms with Crippen LogP contribution in [0.5, 0.6) is 0 Å². The van der Waals surface area contributed by atoms with Crippen molar-refractivity contribution in [2.75, 3.05) is 5.32 Å². The Bertz CT molecular complexity index is 691. The first kappa shape index (κ1) is 15.6. The Labute approximate surface area is 131 Å². The molecule has 0 aliphatic carbocycles. The third kappa shape index (κ3) is 3.65. The van der Waals surface area contributed by atoms with Crippen LogP contribution in [0, 0.1) is 5.82 Å². The Hall–Kier alpha value is -1.78. The van der Waals surface area contributed by atoms with Crippen LogP contribution >= 0.6 is 23.2 Å². The number of carbonyl (C=O) groups excluding carboxylic acids is 1. The summed E-state index contributed by atoms with van der Waals surface area (Å²) in [5, 5.41) is 4.02. The molecule has 0 bridgehead atoms. The van der Waals surface area contributed by atoms with E-state index in [0.717, 1.165) is 5.56 Å². The number of anilines is 1. The van der Waals surface area contributed by atoms with Crippen LogP contribution in [0.15, 0.2) is 36.4 Å². The Morgan fingerprint density at radius 2 is 1.95 bits per heavy atom. The first-order chi connectivity index (χ1) is 9.88. The fraction of sp³-hybridized carbons (Fsp3) is 0.133. The molecule has 3 nitrogen and oxygen atoms in total. The van der Waals surface area contributed by atoms with Gasteiger partial charge in [-0.3, -0.25) is 4.79 Å². The molecule has 0 fully saturated rings. The van der Waals surface area contributed by atoms with E-state index in [0.29, 0.717) is 10.0 Å². The number of nitrogens with one attached hydrogen (secondary N) is 1. The summed E-state index contributed by atoms with van der Waals surface area (Å²) in [6.45, 7) is 1.81. The van der Waals surface area contributed by atoms with Crippen molar-refractivity contribution in [3.05, 3.63) is 63.4 Å². The van der Waals surface area contributed by atoms with Crippen LogP contribution < -0.4 is 11.1 Å². The lowest BCUT2D eigenvalue weighted by molar-refractivity contribution is 0.100. The Morgan fingerprint density at radius 3 is 2.62 bits per heavy atom. The first-order valence-electron chi connectivity index (χ1n) is 6.19. The molecule has 0 saturated carbocycles. The molecule has 1 unspecified atom stereocenters. The average molecular weight is 327 g/mol. The molecule has 110 valence electrons. The first-order valence-corrected chi connectivity index (χ1v) is 6.95. The van der Waals surface area contributed by atoms with Gasteiger partial charge in [-0.15, -0.1) is 0 Å². The standard InChI is InChI=1S/C15H13Cl2FN2O/c1-8(11-7-10(16)3-4-12(11)17)20-14-6-9(15(19)21)2-5-13(14)18/h2-8,20H,1H3,(H2,19,21). The van der Waals surface area contributed by atoms with Gasteiger partial charge in [0.25, 0.3) is 0 Å². The highest BCUT2D eigenvalue weighted by molar-refractivity contribution is 6.33. The lowest BCUT2D eigenvalue weighted by Crippen LogP contribution is -2.13. The van der Waals surface area contributed by atoms with Crippen molar-refractivity contribution in [2.24, 2.45) is 5.73 Å². The summed E-state index contributed by atoms with van der Waals surface area (Å²) in [7, 11) is 0. The zero-order valence-electron chi connectivity index (χ0n) is 11.2. The molecule has 1 atom stereocenters. The third-order valence-corrected chi connectivity index (χ3v) is 3.63. The molecular weight excluding hydrogens is 314 g/mol. The second kappa shape index (κ2) is 6.33. The maximum atomic E-state index is 13.8. The predicted octanol–water partition coefficient (Wildman–Crippen LogP) is 4.40. The number of amides is 1. The van der Waals surface area contributed by atoms with E-state index < -0.39 is 11.7 Å². The highest BCUT2D eigenvalue weighted by Gasteiger charge is 2.14. The van der Waals surface area contributed by atoms with E-state index in [1.54, 1.807) is 18.2 Å². The number of benzene rings is 2. The Kier molecular flexibility index (Phi) is 4.70. The summed E-state index contributed by atoms with van der Waals surface area (Å²) in [4.78, 5) is 11.2. The van der Waals surface area contributed by atoms with Crippen molar-refractivity contribution >= 4 is 34.8 Å². The molecule has 3 N–H and O–H groups in total. The molecule has 21 heavy (non-hydrogen) atoms. The van der Waals surface area contributed by atoms with Crippen LogP contribution in [-0.2, 0) is 0 Å². The fourth-order valence-corrected chi connectivity index (χ4v) is 2.41. The van der Waals surface area contributed by atoms with Crippen LogP contribution in [0.2, 0.25) is 10.0 Å². The summed E-state index contributed by atoms with van der Waals surface area (Å²) in [6.07, 6.45) is 0. The quantitative estimate of drug-likeness (QED) is 0.874. The molecule has 6 heteroatoms. The highest BCUT2D eigenvalue weighted by Crippen LogP contribution is 2.29. The zero-order valence-corrected chi connectivity index (χ0v) is 12.7. The van der Waals surface area contributed by atoms with Gasteiger partial charge in [0, 0.05) is 15.6 Å². The number of halogens is 3. The van der Waals surface area contributed by atoms with Crippen molar-refractivity contribution in [2.45, 2.75) is 13.0 Å². The van der Waals surface area contributed by atoms with Gasteiger partial charge in [0.1, 0.15) is 5.82 Å². The minimum absolute atomic E-state index is 0.176. The molecule has 2 rings (SSSR count). The van der Waals surface area contributed by atoms with Gasteiger partial charge in [-0.2, -0.15) is 0 Å². The van der Waals surface area contributed by atoms with E-state index >= 15 is 0 Å². The van der Waals surface area contributed by atoms with E-state index in [1.807, 2.05) is 6.92 Å². The second-order valence-corrected chi connectivity index (χ2v) is 5.43. The summed E-state index contributed by atoms with van der Waals surface area (Å²) < 4.78 is 13.8. The van der Waals surface area contributed by atoms with Crippen LogP contribution in [0.1, 0.15) is 28.9 Å². The van der Waals surface area contributed by atoms with Crippen LogP contribution in [0.4, 0.5) is 10.1 Å². The molecule has 0 saturated heterocycles. The van der Waals surface area contributed by atoms with E-state index in [1.165, 1.54) is 18.2 Å². The number of primary amides is 1. The summed E-state index contributed by atoms with van der Waals surface area (Å²) >= 11 is 12.1. The smallest absolute Gasteiger partial charge is 0.248 e. The molecular formula is C15H13Cl2FN2O. The Morgan fingerprint density at radius 1 is 1.24 bits per heavy atom. The number of rotatable bonds is 4. The molecule has 1 amide bonds. The molecule has 2 aromatic rings. The normalized spacial score (nSPS) is 12.0. The van der Waals surface area contributed by atoms with Gasteiger partial charge in [-0.1, -0.05) is 23.2 Å². The molecule has 0 heterocycles. The second-order valence-electron chi connectivity index (χ2n) is 4.59. The topological polar surface area (TPSA) is 55.1 Å². The zero-order chi connectivity index (χ0) is 15.6. The lowest BCUT2D eigenvalue weighted by atomic mass is 10.1. The van der Waals surface area contributed by atoms with Gasteiger partial charge in [0.15, 0.2) is 0 Å². The molecule has 0 aromatic heterocycles. The van der Waals surface area contributed by atoms with Gasteiger partial charge in [0.05, 0.1) is 11.7 Å². The fourth-order valence-electron chi connectivity index (χ4n) is 1.95. The minimum atomic E-state index is -0.619. The molecule has 0 radical (unpaired) electrons. The van der Waals surface area contributed by atoms with Crippen LogP contribution in [0.3, 0.4) is 0 Å². The largest absolute Gasteiger partial charge is 0.376 e. The van der Waals surface area contributed by atoms with E-state index in [4.69, 9.17) is 28.9 Å². The number of nitrogens with two attached hydrogens (primary N) is 1. The van der Waals surface area contributed by atoms with Gasteiger partial charge in [-0.05, 0) is 48.9 Å². The summed E-state index contributed by atoms with van der Waals surface area (Å²) in [5.74, 6) is -1.10. The predicted molar refractivity (Wildman–Crippen MR) is 83.4 cm³/mol.